The highest BCUT2D eigenvalue weighted by Gasteiger charge is 2.38. The van der Waals surface area contributed by atoms with Gasteiger partial charge in [-0.1, -0.05) is 19.1 Å². The van der Waals surface area contributed by atoms with E-state index in [1.54, 1.807) is 11.4 Å². The molecule has 5 nitrogen and oxygen atoms in total. The van der Waals surface area contributed by atoms with E-state index in [2.05, 4.69) is 4.99 Å². The Morgan fingerprint density at radius 1 is 1.32 bits per heavy atom. The van der Waals surface area contributed by atoms with Crippen molar-refractivity contribution in [2.75, 3.05) is 5.32 Å². The van der Waals surface area contributed by atoms with Crippen molar-refractivity contribution in [1.29, 1.82) is 0 Å². The standard InChI is InChI=1S/C19H15F3N2O3S/c1-3-14-10(2)7-15(28-14)16-24-13(17(25)27-16)9-11-5-4-6-12(8-11)23-18(26)19(20,21)22/h4-9H,3H2,1-2H3,(H,23,26)/b13-9+. The molecular weight excluding hydrogens is 393 g/mol. The Balaban J connectivity index is 1.84. The first-order valence-corrected chi connectivity index (χ1v) is 9.09. The summed E-state index contributed by atoms with van der Waals surface area (Å²) in [5.74, 6) is -2.52. The van der Waals surface area contributed by atoms with E-state index >= 15 is 0 Å². The van der Waals surface area contributed by atoms with Crippen LogP contribution in [0.5, 0.6) is 0 Å². The minimum Gasteiger partial charge on any atom is -0.401 e. The molecule has 0 fully saturated rings. The highest BCUT2D eigenvalue weighted by atomic mass is 32.1. The number of halogens is 3. The number of nitrogens with one attached hydrogen (secondary N) is 1. The van der Waals surface area contributed by atoms with Crippen molar-refractivity contribution in [2.24, 2.45) is 4.99 Å². The Morgan fingerprint density at radius 2 is 2.07 bits per heavy atom. The van der Waals surface area contributed by atoms with Crippen molar-refractivity contribution in [2.45, 2.75) is 26.4 Å². The van der Waals surface area contributed by atoms with Gasteiger partial charge in [0.1, 0.15) is 0 Å². The average Bonchev–Trinajstić information content (AvgIpc) is 3.17. The summed E-state index contributed by atoms with van der Waals surface area (Å²) in [6, 6.07) is 7.54. The summed E-state index contributed by atoms with van der Waals surface area (Å²) in [6.07, 6.45) is -2.74. The molecule has 9 heteroatoms. The molecule has 1 aliphatic rings. The van der Waals surface area contributed by atoms with Crippen molar-refractivity contribution in [3.8, 4) is 0 Å². The molecule has 0 spiro atoms. The first-order chi connectivity index (χ1) is 13.2. The summed E-state index contributed by atoms with van der Waals surface area (Å²) in [5.41, 5.74) is 1.47. The van der Waals surface area contributed by atoms with E-state index in [9.17, 15) is 22.8 Å². The van der Waals surface area contributed by atoms with Crippen LogP contribution >= 0.6 is 11.3 Å². The molecule has 0 saturated heterocycles. The highest BCUT2D eigenvalue weighted by Crippen LogP contribution is 2.27. The second-order valence-electron chi connectivity index (χ2n) is 5.98. The van der Waals surface area contributed by atoms with Crippen LogP contribution in [0, 0.1) is 6.92 Å². The molecule has 0 radical (unpaired) electrons. The Kier molecular flexibility index (Phi) is 5.37. The van der Waals surface area contributed by atoms with Gasteiger partial charge < -0.3 is 10.1 Å². The molecule has 28 heavy (non-hydrogen) atoms. The summed E-state index contributed by atoms with van der Waals surface area (Å²) in [6.45, 7) is 3.99. The number of anilines is 1. The SMILES string of the molecule is CCc1sc(C2=N/C(=C/c3cccc(NC(=O)C(F)(F)F)c3)C(=O)O2)cc1C. The monoisotopic (exact) mass is 408 g/mol. The van der Waals surface area contributed by atoms with E-state index in [0.717, 1.165) is 16.9 Å². The number of aryl methyl sites for hydroxylation is 2. The van der Waals surface area contributed by atoms with Gasteiger partial charge in [0.15, 0.2) is 5.70 Å². The molecule has 1 amide bonds. The van der Waals surface area contributed by atoms with Gasteiger partial charge in [0.25, 0.3) is 0 Å². The molecule has 2 heterocycles. The Bertz CT molecular complexity index is 1010. The maximum atomic E-state index is 12.4. The number of ether oxygens (including phenoxy) is 1. The molecule has 2 aromatic rings. The fourth-order valence-electron chi connectivity index (χ4n) is 2.56. The summed E-state index contributed by atoms with van der Waals surface area (Å²) < 4.78 is 42.3. The first kappa shape index (κ1) is 19.8. The zero-order chi connectivity index (χ0) is 20.5. The predicted molar refractivity (Wildman–Crippen MR) is 100 cm³/mol. The summed E-state index contributed by atoms with van der Waals surface area (Å²) in [5, 5.41) is 1.76. The van der Waals surface area contributed by atoms with E-state index in [4.69, 9.17) is 4.74 Å². The number of carbonyl (C=O) groups excluding carboxylic acids is 2. The molecule has 1 N–H and O–H groups in total. The lowest BCUT2D eigenvalue weighted by Crippen LogP contribution is -2.29. The number of aliphatic imine (C=N–C) groups is 1. The van der Waals surface area contributed by atoms with Crippen LogP contribution in [-0.2, 0) is 20.7 Å². The van der Waals surface area contributed by atoms with Crippen LogP contribution in [0.2, 0.25) is 0 Å². The van der Waals surface area contributed by atoms with Crippen LogP contribution in [0.4, 0.5) is 18.9 Å². The maximum absolute atomic E-state index is 12.4. The number of amides is 1. The second-order valence-corrected chi connectivity index (χ2v) is 7.12. The van der Waals surface area contributed by atoms with Crippen molar-refractivity contribution in [3.63, 3.8) is 0 Å². The fourth-order valence-corrected chi connectivity index (χ4v) is 3.60. The largest absolute Gasteiger partial charge is 0.471 e. The number of carbonyl (C=O) groups is 2. The number of thiophene rings is 1. The third-order valence-corrected chi connectivity index (χ3v) is 5.25. The Labute approximate surface area is 162 Å². The van der Waals surface area contributed by atoms with Gasteiger partial charge in [0, 0.05) is 10.6 Å². The molecule has 1 aliphatic heterocycles. The Hall–Kier alpha value is -2.94. The van der Waals surface area contributed by atoms with E-state index in [1.165, 1.54) is 40.5 Å². The van der Waals surface area contributed by atoms with Gasteiger partial charge in [0.05, 0.1) is 4.88 Å². The van der Waals surface area contributed by atoms with Crippen molar-refractivity contribution < 1.29 is 27.5 Å². The van der Waals surface area contributed by atoms with Crippen LogP contribution in [-0.4, -0.2) is 24.0 Å². The zero-order valence-electron chi connectivity index (χ0n) is 14.9. The number of esters is 1. The van der Waals surface area contributed by atoms with Crippen LogP contribution in [0.15, 0.2) is 41.0 Å². The van der Waals surface area contributed by atoms with Crippen molar-refractivity contribution in [3.05, 3.63) is 56.9 Å². The van der Waals surface area contributed by atoms with Crippen LogP contribution in [0.3, 0.4) is 0 Å². The van der Waals surface area contributed by atoms with E-state index in [-0.39, 0.29) is 17.3 Å². The smallest absolute Gasteiger partial charge is 0.401 e. The lowest BCUT2D eigenvalue weighted by Gasteiger charge is -2.08. The van der Waals surface area contributed by atoms with Crippen molar-refractivity contribution in [1.82, 2.24) is 0 Å². The maximum Gasteiger partial charge on any atom is 0.471 e. The average molecular weight is 408 g/mol. The minimum atomic E-state index is -4.99. The number of benzene rings is 1. The number of hydrogen-bond acceptors (Lipinski definition) is 5. The zero-order valence-corrected chi connectivity index (χ0v) is 15.7. The number of rotatable bonds is 4. The van der Waals surface area contributed by atoms with Gasteiger partial charge in [-0.25, -0.2) is 9.79 Å². The van der Waals surface area contributed by atoms with Gasteiger partial charge >= 0.3 is 18.1 Å². The minimum absolute atomic E-state index is 0.0263. The molecule has 146 valence electrons. The van der Waals surface area contributed by atoms with E-state index in [1.807, 2.05) is 19.9 Å². The van der Waals surface area contributed by atoms with Gasteiger partial charge in [-0.15, -0.1) is 11.3 Å². The molecular formula is C19H15F3N2O3S. The van der Waals surface area contributed by atoms with E-state index in [0.29, 0.717) is 5.56 Å². The third-order valence-electron chi connectivity index (χ3n) is 3.88. The van der Waals surface area contributed by atoms with Gasteiger partial charge in [-0.3, -0.25) is 4.79 Å². The molecule has 0 bridgehead atoms. The highest BCUT2D eigenvalue weighted by molar-refractivity contribution is 7.14. The normalized spacial score (nSPS) is 15.5. The van der Waals surface area contributed by atoms with Gasteiger partial charge in [0.2, 0.25) is 5.90 Å². The topological polar surface area (TPSA) is 67.8 Å². The van der Waals surface area contributed by atoms with Gasteiger partial charge in [-0.05, 0) is 48.7 Å². The molecule has 1 aromatic carbocycles. The predicted octanol–water partition coefficient (Wildman–Crippen LogP) is 4.46. The number of cyclic esters (lactones) is 1. The number of hydrogen-bond donors (Lipinski definition) is 1. The molecule has 0 saturated carbocycles. The summed E-state index contributed by atoms with van der Waals surface area (Å²) in [7, 11) is 0. The van der Waals surface area contributed by atoms with Crippen LogP contribution in [0.1, 0.15) is 27.8 Å². The molecule has 0 unspecified atom stereocenters. The van der Waals surface area contributed by atoms with Crippen LogP contribution in [0.25, 0.3) is 6.08 Å². The summed E-state index contributed by atoms with van der Waals surface area (Å²) in [4.78, 5) is 29.3. The molecule has 1 aromatic heterocycles. The lowest BCUT2D eigenvalue weighted by atomic mass is 10.1. The molecule has 0 aliphatic carbocycles. The van der Waals surface area contributed by atoms with Crippen molar-refractivity contribution >= 4 is 40.9 Å². The lowest BCUT2D eigenvalue weighted by molar-refractivity contribution is -0.167. The number of alkyl halides is 3. The fraction of sp³-hybridized carbons (Fsp3) is 0.211. The summed E-state index contributed by atoms with van der Waals surface area (Å²) >= 11 is 1.49. The molecule has 3 rings (SSSR count). The quantitative estimate of drug-likeness (QED) is 0.600. The van der Waals surface area contributed by atoms with E-state index < -0.39 is 18.1 Å². The van der Waals surface area contributed by atoms with Crippen LogP contribution < -0.4 is 5.32 Å². The first-order valence-electron chi connectivity index (χ1n) is 8.28. The molecule has 0 atom stereocenters. The third kappa shape index (κ3) is 4.30. The second kappa shape index (κ2) is 7.59. The van der Waals surface area contributed by atoms with Gasteiger partial charge in [-0.2, -0.15) is 13.2 Å². The number of nitrogens with zero attached hydrogens (tertiary/aromatic N) is 1. The Morgan fingerprint density at radius 3 is 2.71 bits per heavy atom.